The van der Waals surface area contributed by atoms with Gasteiger partial charge in [0.2, 0.25) is 0 Å². The zero-order valence-corrected chi connectivity index (χ0v) is 16.3. The van der Waals surface area contributed by atoms with Gasteiger partial charge in [-0.3, -0.25) is 4.79 Å². The molecule has 1 aliphatic rings. The van der Waals surface area contributed by atoms with Gasteiger partial charge in [0.15, 0.2) is 11.5 Å². The van der Waals surface area contributed by atoms with E-state index in [0.29, 0.717) is 28.6 Å². The molecule has 1 unspecified atom stereocenters. The number of hydrogen-bond donors (Lipinski definition) is 2. The maximum atomic E-state index is 12.6. The fraction of sp³-hybridized carbons (Fsp3) is 0.350. The van der Waals surface area contributed by atoms with E-state index in [2.05, 4.69) is 5.32 Å². The first-order chi connectivity index (χ1) is 13.2. The van der Waals surface area contributed by atoms with Gasteiger partial charge in [0, 0.05) is 23.9 Å². The number of benzene rings is 2. The quantitative estimate of drug-likeness (QED) is 0.758. The Labute approximate surface area is 163 Å². The van der Waals surface area contributed by atoms with E-state index in [4.69, 9.17) is 19.9 Å². The van der Waals surface area contributed by atoms with Crippen LogP contribution in [0.4, 0.5) is 0 Å². The van der Waals surface area contributed by atoms with Crippen molar-refractivity contribution < 1.29 is 19.0 Å². The number of carbonyl (C=O) groups is 1. The molecule has 3 N–H and O–H groups in total. The Balaban J connectivity index is 1.87. The molecule has 1 heterocycles. The van der Waals surface area contributed by atoms with E-state index in [0.717, 1.165) is 23.5 Å². The molecule has 6 nitrogen and oxygen atoms in total. The van der Waals surface area contributed by atoms with Gasteiger partial charge in [-0.15, -0.1) is 0 Å². The van der Waals surface area contributed by atoms with Crippen LogP contribution in [-0.2, 0) is 6.54 Å². The molecular weight excluding hydrogens is 364 g/mol. The van der Waals surface area contributed by atoms with Gasteiger partial charge in [-0.05, 0) is 42.5 Å². The first kappa shape index (κ1) is 19.4. The van der Waals surface area contributed by atoms with E-state index in [-0.39, 0.29) is 18.5 Å². The van der Waals surface area contributed by atoms with Crippen molar-refractivity contribution in [3.63, 3.8) is 0 Å². The monoisotopic (exact) mass is 388 g/mol. The van der Waals surface area contributed by atoms with Gasteiger partial charge < -0.3 is 25.3 Å². The number of methoxy groups -OCH3 is 2. The third kappa shape index (κ3) is 4.48. The van der Waals surface area contributed by atoms with Gasteiger partial charge in [-0.2, -0.15) is 11.8 Å². The second kappa shape index (κ2) is 9.01. The van der Waals surface area contributed by atoms with E-state index in [9.17, 15) is 4.79 Å². The zero-order valence-electron chi connectivity index (χ0n) is 15.5. The van der Waals surface area contributed by atoms with Crippen LogP contribution in [0, 0.1) is 0 Å². The number of amides is 1. The number of hydrogen-bond acceptors (Lipinski definition) is 6. The van der Waals surface area contributed by atoms with Crippen LogP contribution in [0.25, 0.3) is 0 Å². The number of rotatable bonds is 7. The highest BCUT2D eigenvalue weighted by Crippen LogP contribution is 2.36. The molecule has 0 spiro atoms. The molecule has 1 fully saturated rings. The molecule has 3 rings (SSSR count). The second-order valence-corrected chi connectivity index (χ2v) is 7.29. The van der Waals surface area contributed by atoms with Crippen molar-refractivity contribution in [1.29, 1.82) is 0 Å². The van der Waals surface area contributed by atoms with Crippen molar-refractivity contribution in [1.82, 2.24) is 5.32 Å². The lowest BCUT2D eigenvalue weighted by molar-refractivity contribution is 0.0941. The predicted molar refractivity (Wildman–Crippen MR) is 107 cm³/mol. The highest BCUT2D eigenvalue weighted by atomic mass is 32.2. The standard InChI is InChI=1S/C20H24N2O4S/c1-24-16-4-3-5-17(15(16)11-21)26-19-10-13(6-7-18(19)25-2)20(23)22-14-8-9-27-12-14/h3-7,10,14H,8-9,11-12,21H2,1-2H3,(H,22,23). The molecule has 0 aliphatic carbocycles. The van der Waals surface area contributed by atoms with Crippen LogP contribution in [0.1, 0.15) is 22.3 Å². The maximum Gasteiger partial charge on any atom is 0.251 e. The van der Waals surface area contributed by atoms with E-state index in [1.807, 2.05) is 30.0 Å². The average Bonchev–Trinajstić information content (AvgIpc) is 3.20. The summed E-state index contributed by atoms with van der Waals surface area (Å²) in [6.45, 7) is 0.265. The Bertz CT molecular complexity index is 807. The van der Waals surface area contributed by atoms with Crippen molar-refractivity contribution in [3.05, 3.63) is 47.5 Å². The summed E-state index contributed by atoms with van der Waals surface area (Å²) < 4.78 is 16.8. The number of ether oxygens (including phenoxy) is 3. The van der Waals surface area contributed by atoms with Crippen molar-refractivity contribution in [3.8, 4) is 23.0 Å². The molecule has 1 saturated heterocycles. The molecule has 2 aromatic rings. The number of nitrogens with one attached hydrogen (secondary N) is 1. The average molecular weight is 388 g/mol. The smallest absolute Gasteiger partial charge is 0.251 e. The Hall–Kier alpha value is -2.38. The molecule has 144 valence electrons. The first-order valence-corrected chi connectivity index (χ1v) is 9.92. The van der Waals surface area contributed by atoms with Crippen LogP contribution < -0.4 is 25.3 Å². The summed E-state index contributed by atoms with van der Waals surface area (Å²) in [7, 11) is 3.15. The minimum Gasteiger partial charge on any atom is -0.496 e. The van der Waals surface area contributed by atoms with Gasteiger partial charge in [0.25, 0.3) is 5.91 Å². The van der Waals surface area contributed by atoms with Crippen molar-refractivity contribution in [2.24, 2.45) is 5.73 Å². The van der Waals surface area contributed by atoms with Crippen LogP contribution in [-0.4, -0.2) is 37.7 Å². The maximum absolute atomic E-state index is 12.6. The van der Waals surface area contributed by atoms with Gasteiger partial charge >= 0.3 is 0 Å². The highest BCUT2D eigenvalue weighted by Gasteiger charge is 2.20. The largest absolute Gasteiger partial charge is 0.496 e. The third-order valence-electron chi connectivity index (χ3n) is 4.42. The molecule has 1 amide bonds. The number of nitrogens with two attached hydrogens (primary N) is 1. The summed E-state index contributed by atoms with van der Waals surface area (Å²) in [5, 5.41) is 3.07. The summed E-state index contributed by atoms with van der Waals surface area (Å²) in [6.07, 6.45) is 1.000. The second-order valence-electron chi connectivity index (χ2n) is 6.14. The van der Waals surface area contributed by atoms with Crippen LogP contribution in [0.5, 0.6) is 23.0 Å². The molecule has 0 bridgehead atoms. The lowest BCUT2D eigenvalue weighted by Gasteiger charge is -2.16. The Morgan fingerprint density at radius 1 is 1.15 bits per heavy atom. The SMILES string of the molecule is COc1ccc(C(=O)NC2CCSC2)cc1Oc1cccc(OC)c1CN. The minimum atomic E-state index is -0.111. The summed E-state index contributed by atoms with van der Waals surface area (Å²) in [5.74, 6) is 4.14. The molecule has 0 saturated carbocycles. The third-order valence-corrected chi connectivity index (χ3v) is 5.59. The van der Waals surface area contributed by atoms with Crippen molar-refractivity contribution in [2.45, 2.75) is 19.0 Å². The summed E-state index contributed by atoms with van der Waals surface area (Å²) in [6, 6.07) is 10.8. The molecule has 1 aliphatic heterocycles. The topological polar surface area (TPSA) is 82.8 Å². The van der Waals surface area contributed by atoms with Crippen LogP contribution in [0.15, 0.2) is 36.4 Å². The summed E-state index contributed by atoms with van der Waals surface area (Å²) in [5.41, 5.74) is 7.14. The molecule has 1 atom stereocenters. The van der Waals surface area contributed by atoms with Crippen LogP contribution in [0.2, 0.25) is 0 Å². The van der Waals surface area contributed by atoms with Gasteiger partial charge in [-0.1, -0.05) is 6.07 Å². The van der Waals surface area contributed by atoms with Gasteiger partial charge in [-0.25, -0.2) is 0 Å². The van der Waals surface area contributed by atoms with E-state index in [1.165, 1.54) is 0 Å². The zero-order chi connectivity index (χ0) is 19.2. The molecule has 0 aromatic heterocycles. The molecule has 0 radical (unpaired) electrons. The summed E-state index contributed by atoms with van der Waals surface area (Å²) in [4.78, 5) is 12.6. The molecule has 2 aromatic carbocycles. The lowest BCUT2D eigenvalue weighted by atomic mass is 10.1. The molecule has 27 heavy (non-hydrogen) atoms. The van der Waals surface area contributed by atoms with E-state index in [1.54, 1.807) is 32.4 Å². The molecule has 7 heteroatoms. The number of carbonyl (C=O) groups excluding carboxylic acids is 1. The van der Waals surface area contributed by atoms with Crippen LogP contribution >= 0.6 is 11.8 Å². The Morgan fingerprint density at radius 3 is 2.59 bits per heavy atom. The minimum absolute atomic E-state index is 0.111. The van der Waals surface area contributed by atoms with Gasteiger partial charge in [0.1, 0.15) is 11.5 Å². The van der Waals surface area contributed by atoms with E-state index >= 15 is 0 Å². The Morgan fingerprint density at radius 2 is 1.93 bits per heavy atom. The van der Waals surface area contributed by atoms with Crippen molar-refractivity contribution in [2.75, 3.05) is 25.7 Å². The lowest BCUT2D eigenvalue weighted by Crippen LogP contribution is -2.34. The number of thioether (sulfide) groups is 1. The Kier molecular flexibility index (Phi) is 6.47. The predicted octanol–water partition coefficient (Wildman–Crippen LogP) is 3.19. The van der Waals surface area contributed by atoms with Crippen LogP contribution in [0.3, 0.4) is 0 Å². The summed E-state index contributed by atoms with van der Waals surface area (Å²) >= 11 is 1.85. The fourth-order valence-corrected chi connectivity index (χ4v) is 4.12. The first-order valence-electron chi connectivity index (χ1n) is 8.76. The fourth-order valence-electron chi connectivity index (χ4n) is 2.97. The normalized spacial score (nSPS) is 16.0. The van der Waals surface area contributed by atoms with Crippen molar-refractivity contribution >= 4 is 17.7 Å². The molecular formula is C20H24N2O4S. The van der Waals surface area contributed by atoms with Gasteiger partial charge in [0.05, 0.1) is 19.8 Å². The highest BCUT2D eigenvalue weighted by molar-refractivity contribution is 7.99. The van der Waals surface area contributed by atoms with E-state index < -0.39 is 0 Å².